The third-order valence-electron chi connectivity index (χ3n) is 7.41. The average molecular weight is 443 g/mol. The number of likely N-dealkylation sites (tertiary alicyclic amines) is 1. The van der Waals surface area contributed by atoms with Crippen LogP contribution in [-0.2, 0) is 6.54 Å². The van der Waals surface area contributed by atoms with E-state index in [2.05, 4.69) is 24.3 Å². The standard InChI is InChI=1S/C21H30N4O2.2ClH/c1-23(2)19-14-3-4-15(19)12-24(11-14)20(26)17-5-6-18-16-7-13(8-22-9-16)10-25(18)21(17)27;;/h5-6,13-16,19,22H,3-4,7-12H2,1-2H3;2*1H/t13-,14-,15+,16+,19?;;/m0../s1. The summed E-state index contributed by atoms with van der Waals surface area (Å²) in [5.74, 6) is 1.92. The van der Waals surface area contributed by atoms with Crippen LogP contribution in [-0.4, -0.2) is 66.6 Å². The van der Waals surface area contributed by atoms with Gasteiger partial charge in [-0.2, -0.15) is 0 Å². The van der Waals surface area contributed by atoms with Crippen LogP contribution in [0.5, 0.6) is 0 Å². The Morgan fingerprint density at radius 3 is 2.41 bits per heavy atom. The van der Waals surface area contributed by atoms with Crippen molar-refractivity contribution in [3.8, 4) is 0 Å². The van der Waals surface area contributed by atoms with Crippen LogP contribution in [0.25, 0.3) is 0 Å². The lowest BCUT2D eigenvalue weighted by Gasteiger charge is -2.41. The fourth-order valence-corrected chi connectivity index (χ4v) is 6.33. The number of fused-ring (bicyclic) bond motifs is 6. The van der Waals surface area contributed by atoms with Crippen molar-refractivity contribution < 1.29 is 4.79 Å². The maximum absolute atomic E-state index is 13.2. The molecule has 1 saturated carbocycles. The fraction of sp³-hybridized carbons (Fsp3) is 0.714. The van der Waals surface area contributed by atoms with Gasteiger partial charge in [0.1, 0.15) is 5.56 Å². The lowest BCUT2D eigenvalue weighted by atomic mass is 9.84. The van der Waals surface area contributed by atoms with Gasteiger partial charge in [0.15, 0.2) is 0 Å². The summed E-state index contributed by atoms with van der Waals surface area (Å²) in [4.78, 5) is 30.7. The first kappa shape index (κ1) is 22.6. The maximum atomic E-state index is 13.2. The zero-order chi connectivity index (χ0) is 18.7. The van der Waals surface area contributed by atoms with Crippen molar-refractivity contribution >= 4 is 30.7 Å². The van der Waals surface area contributed by atoms with E-state index in [1.54, 1.807) is 6.07 Å². The van der Waals surface area contributed by atoms with Crippen LogP contribution >= 0.6 is 24.8 Å². The molecular formula is C21H32Cl2N4O2. The fourth-order valence-electron chi connectivity index (χ4n) is 6.33. The monoisotopic (exact) mass is 442 g/mol. The molecule has 5 rings (SSSR count). The number of hydrogen-bond donors (Lipinski definition) is 1. The molecule has 6 nitrogen and oxygen atoms in total. The molecule has 2 saturated heterocycles. The van der Waals surface area contributed by atoms with Gasteiger partial charge in [0.2, 0.25) is 0 Å². The van der Waals surface area contributed by atoms with Crippen LogP contribution in [0.15, 0.2) is 16.9 Å². The molecule has 1 N–H and O–H groups in total. The number of pyridine rings is 1. The molecule has 29 heavy (non-hydrogen) atoms. The molecule has 0 radical (unpaired) electrons. The summed E-state index contributed by atoms with van der Waals surface area (Å²) in [7, 11) is 4.30. The van der Waals surface area contributed by atoms with Gasteiger partial charge in [-0.05, 0) is 69.8 Å². The summed E-state index contributed by atoms with van der Waals surface area (Å²) >= 11 is 0. The Morgan fingerprint density at radius 2 is 1.76 bits per heavy atom. The summed E-state index contributed by atoms with van der Waals surface area (Å²) in [5.41, 5.74) is 1.40. The first-order chi connectivity index (χ1) is 13.0. The SMILES string of the molecule is CN(C)C1[C@@H]2CC[C@H]1CN(C(=O)c1ccc3n(c1=O)C[C@@H]1CNC[C@H]3C1)C2.Cl.Cl. The van der Waals surface area contributed by atoms with Crippen molar-refractivity contribution in [2.45, 2.75) is 37.8 Å². The van der Waals surface area contributed by atoms with E-state index < -0.39 is 0 Å². The molecule has 1 aromatic heterocycles. The zero-order valence-corrected chi connectivity index (χ0v) is 18.8. The van der Waals surface area contributed by atoms with Crippen molar-refractivity contribution in [3.63, 3.8) is 0 Å². The number of carbonyl (C=O) groups excluding carboxylic acids is 1. The van der Waals surface area contributed by atoms with Gasteiger partial charge < -0.3 is 19.7 Å². The minimum atomic E-state index is -0.0730. The van der Waals surface area contributed by atoms with Gasteiger partial charge in [-0.3, -0.25) is 9.59 Å². The Balaban J connectivity index is 0.00000120. The van der Waals surface area contributed by atoms with Gasteiger partial charge in [0.25, 0.3) is 11.5 Å². The minimum Gasteiger partial charge on any atom is -0.338 e. The highest BCUT2D eigenvalue weighted by atomic mass is 35.5. The molecule has 4 aliphatic rings. The normalized spacial score (nSPS) is 32.2. The van der Waals surface area contributed by atoms with E-state index in [1.807, 2.05) is 15.5 Å². The Hall–Kier alpha value is -1.08. The Kier molecular flexibility index (Phi) is 6.68. The number of nitrogens with one attached hydrogen (secondary N) is 1. The second kappa shape index (κ2) is 8.58. The molecule has 1 amide bonds. The zero-order valence-electron chi connectivity index (χ0n) is 17.2. The van der Waals surface area contributed by atoms with Crippen LogP contribution in [0.4, 0.5) is 0 Å². The van der Waals surface area contributed by atoms with Gasteiger partial charge in [0.05, 0.1) is 0 Å². The van der Waals surface area contributed by atoms with Gasteiger partial charge in [-0.1, -0.05) is 0 Å². The number of halogens is 2. The highest BCUT2D eigenvalue weighted by molar-refractivity contribution is 5.94. The van der Waals surface area contributed by atoms with Crippen molar-refractivity contribution in [1.82, 2.24) is 19.7 Å². The highest BCUT2D eigenvalue weighted by Crippen LogP contribution is 2.39. The summed E-state index contributed by atoms with van der Waals surface area (Å²) in [5, 5.41) is 3.47. The molecule has 0 spiro atoms. The molecule has 162 valence electrons. The van der Waals surface area contributed by atoms with Crippen LogP contribution in [0.3, 0.4) is 0 Å². The average Bonchev–Trinajstić information content (AvgIpc) is 2.93. The molecule has 0 aromatic carbocycles. The van der Waals surface area contributed by atoms with Crippen LogP contribution in [0.2, 0.25) is 0 Å². The molecule has 3 fully saturated rings. The van der Waals surface area contributed by atoms with Crippen molar-refractivity contribution in [3.05, 3.63) is 33.7 Å². The largest absolute Gasteiger partial charge is 0.338 e. The number of rotatable bonds is 2. The molecule has 8 heteroatoms. The number of aromatic nitrogens is 1. The molecule has 1 aromatic rings. The quantitative estimate of drug-likeness (QED) is 0.758. The maximum Gasteiger partial charge on any atom is 0.263 e. The predicted octanol–water partition coefficient (Wildman–Crippen LogP) is 1.81. The van der Waals surface area contributed by atoms with Crippen molar-refractivity contribution in [2.24, 2.45) is 17.8 Å². The van der Waals surface area contributed by atoms with Gasteiger partial charge in [0, 0.05) is 43.8 Å². The highest BCUT2D eigenvalue weighted by Gasteiger charge is 2.44. The van der Waals surface area contributed by atoms with E-state index in [4.69, 9.17) is 0 Å². The van der Waals surface area contributed by atoms with E-state index in [1.165, 1.54) is 12.8 Å². The lowest BCUT2D eigenvalue weighted by Crippen LogP contribution is -2.53. The van der Waals surface area contributed by atoms with Crippen molar-refractivity contribution in [2.75, 3.05) is 40.3 Å². The van der Waals surface area contributed by atoms with Crippen LogP contribution < -0.4 is 10.9 Å². The summed E-state index contributed by atoms with van der Waals surface area (Å²) < 4.78 is 1.90. The second-order valence-corrected chi connectivity index (χ2v) is 9.31. The van der Waals surface area contributed by atoms with E-state index >= 15 is 0 Å². The molecule has 4 bridgehead atoms. The summed E-state index contributed by atoms with van der Waals surface area (Å²) in [6, 6.07) is 4.40. The number of hydrogen-bond acceptors (Lipinski definition) is 4. The van der Waals surface area contributed by atoms with E-state index in [9.17, 15) is 9.59 Å². The molecule has 3 aliphatic heterocycles. The van der Waals surface area contributed by atoms with Crippen LogP contribution in [0.1, 0.15) is 41.2 Å². The Labute approximate surface area is 184 Å². The predicted molar refractivity (Wildman–Crippen MR) is 119 cm³/mol. The van der Waals surface area contributed by atoms with Gasteiger partial charge in [-0.15, -0.1) is 24.8 Å². The number of carbonyl (C=O) groups is 1. The smallest absolute Gasteiger partial charge is 0.263 e. The van der Waals surface area contributed by atoms with Gasteiger partial charge in [-0.25, -0.2) is 0 Å². The summed E-state index contributed by atoms with van der Waals surface area (Å²) in [6.45, 7) is 4.22. The van der Waals surface area contributed by atoms with E-state index in [0.29, 0.717) is 35.3 Å². The van der Waals surface area contributed by atoms with E-state index in [-0.39, 0.29) is 36.3 Å². The third-order valence-corrected chi connectivity index (χ3v) is 7.41. The Bertz CT molecular complexity index is 813. The minimum absolute atomic E-state index is 0. The molecule has 1 unspecified atom stereocenters. The molecular weight excluding hydrogens is 411 g/mol. The molecule has 4 heterocycles. The second-order valence-electron chi connectivity index (χ2n) is 9.31. The molecule has 5 atom stereocenters. The first-order valence-corrected chi connectivity index (χ1v) is 10.4. The Morgan fingerprint density at radius 1 is 1.07 bits per heavy atom. The molecule has 1 aliphatic carbocycles. The van der Waals surface area contributed by atoms with Crippen LogP contribution in [0, 0.1) is 17.8 Å². The number of amides is 1. The third kappa shape index (κ3) is 3.73. The topological polar surface area (TPSA) is 57.6 Å². The van der Waals surface area contributed by atoms with Gasteiger partial charge >= 0.3 is 0 Å². The number of nitrogens with zero attached hydrogens (tertiary/aromatic N) is 3. The first-order valence-electron chi connectivity index (χ1n) is 10.4. The van der Waals surface area contributed by atoms with Crippen molar-refractivity contribution in [1.29, 1.82) is 0 Å². The lowest BCUT2D eigenvalue weighted by molar-refractivity contribution is 0.0485. The van der Waals surface area contributed by atoms with E-state index in [0.717, 1.165) is 44.8 Å². The number of piperidine rings is 2. The summed E-state index contributed by atoms with van der Waals surface area (Å²) in [6.07, 6.45) is 3.54.